The first-order valence-electron chi connectivity index (χ1n) is 3.50. The van der Waals surface area contributed by atoms with Gasteiger partial charge >= 0.3 is 5.97 Å². The summed E-state index contributed by atoms with van der Waals surface area (Å²) in [6, 6.07) is 7.38. The molecular formula is C10H8O2. The first-order chi connectivity index (χ1) is 5.68. The molecule has 1 rings (SSSR count). The van der Waals surface area contributed by atoms with Gasteiger partial charge in [-0.15, -0.1) is 0 Å². The molecule has 1 N–H and O–H groups in total. The van der Waals surface area contributed by atoms with Crippen LogP contribution in [-0.2, 0) is 4.79 Å². The molecular weight excluding hydrogens is 152 g/mol. The average Bonchev–Trinajstić information content (AvgIpc) is 2.03. The van der Waals surface area contributed by atoms with Gasteiger partial charge in [0, 0.05) is 11.5 Å². The van der Waals surface area contributed by atoms with Gasteiger partial charge in [0.25, 0.3) is 0 Å². The first-order valence-corrected chi connectivity index (χ1v) is 3.50. The fraction of sp³-hybridized carbons (Fsp3) is 0.100. The number of hydrogen-bond acceptors (Lipinski definition) is 1. The van der Waals surface area contributed by atoms with Crippen molar-refractivity contribution in [1.29, 1.82) is 0 Å². The van der Waals surface area contributed by atoms with Crippen LogP contribution in [0.4, 0.5) is 0 Å². The molecule has 0 aromatic heterocycles. The van der Waals surface area contributed by atoms with Gasteiger partial charge in [0.05, 0.1) is 0 Å². The van der Waals surface area contributed by atoms with Crippen LogP contribution in [0.5, 0.6) is 0 Å². The van der Waals surface area contributed by atoms with Crippen molar-refractivity contribution in [3.63, 3.8) is 0 Å². The Morgan fingerprint density at radius 3 is 2.42 bits per heavy atom. The van der Waals surface area contributed by atoms with Gasteiger partial charge in [-0.1, -0.05) is 23.6 Å². The summed E-state index contributed by atoms with van der Waals surface area (Å²) in [5, 5.41) is 8.26. The van der Waals surface area contributed by atoms with Gasteiger partial charge in [-0.25, -0.2) is 4.79 Å². The molecule has 12 heavy (non-hydrogen) atoms. The molecule has 2 nitrogen and oxygen atoms in total. The van der Waals surface area contributed by atoms with Gasteiger partial charge in [0.1, 0.15) is 0 Å². The molecule has 60 valence electrons. The molecule has 2 heteroatoms. The van der Waals surface area contributed by atoms with E-state index in [1.54, 1.807) is 12.1 Å². The molecule has 0 unspecified atom stereocenters. The van der Waals surface area contributed by atoms with Crippen LogP contribution in [-0.4, -0.2) is 11.1 Å². The van der Waals surface area contributed by atoms with Crippen molar-refractivity contribution < 1.29 is 9.90 Å². The Morgan fingerprint density at radius 2 is 1.92 bits per heavy atom. The van der Waals surface area contributed by atoms with Crippen LogP contribution in [0.3, 0.4) is 0 Å². The molecule has 0 aliphatic rings. The maximum atomic E-state index is 10.1. The van der Waals surface area contributed by atoms with Crippen molar-refractivity contribution in [2.45, 2.75) is 6.92 Å². The van der Waals surface area contributed by atoms with Crippen molar-refractivity contribution in [3.8, 4) is 11.8 Å². The van der Waals surface area contributed by atoms with Gasteiger partial charge in [0.15, 0.2) is 0 Å². The summed E-state index contributed by atoms with van der Waals surface area (Å²) < 4.78 is 0. The molecule has 0 saturated heterocycles. The highest BCUT2D eigenvalue weighted by atomic mass is 16.4. The normalized spacial score (nSPS) is 8.42. The van der Waals surface area contributed by atoms with Crippen molar-refractivity contribution in [1.82, 2.24) is 0 Å². The minimum Gasteiger partial charge on any atom is -0.472 e. The smallest absolute Gasteiger partial charge is 0.382 e. The lowest BCUT2D eigenvalue weighted by molar-refractivity contribution is -0.130. The van der Waals surface area contributed by atoms with E-state index in [-0.39, 0.29) is 0 Å². The lowest BCUT2D eigenvalue weighted by Crippen LogP contribution is -1.87. The number of carboxylic acids is 1. The fourth-order valence-corrected chi connectivity index (χ4v) is 0.763. The number of hydrogen-bond donors (Lipinski definition) is 1. The van der Waals surface area contributed by atoms with Crippen molar-refractivity contribution in [2.75, 3.05) is 0 Å². The Kier molecular flexibility index (Phi) is 2.49. The molecule has 1 aromatic carbocycles. The predicted octanol–water partition coefficient (Wildman–Crippen LogP) is 1.43. The number of carbonyl (C=O) groups is 1. The Hall–Kier alpha value is -1.75. The second-order valence-corrected chi connectivity index (χ2v) is 2.42. The van der Waals surface area contributed by atoms with Gasteiger partial charge < -0.3 is 5.11 Å². The van der Waals surface area contributed by atoms with E-state index in [0.29, 0.717) is 0 Å². The second kappa shape index (κ2) is 3.59. The van der Waals surface area contributed by atoms with E-state index in [1.807, 2.05) is 25.0 Å². The minimum absolute atomic E-state index is 0.725. The molecule has 0 radical (unpaired) electrons. The van der Waals surface area contributed by atoms with E-state index in [0.717, 1.165) is 11.1 Å². The predicted molar refractivity (Wildman–Crippen MR) is 45.7 cm³/mol. The molecule has 0 fully saturated rings. The molecule has 0 atom stereocenters. The van der Waals surface area contributed by atoms with E-state index in [4.69, 9.17) is 5.11 Å². The van der Waals surface area contributed by atoms with E-state index < -0.39 is 5.97 Å². The minimum atomic E-state index is -1.10. The largest absolute Gasteiger partial charge is 0.472 e. The highest BCUT2D eigenvalue weighted by Crippen LogP contribution is 2.00. The number of aliphatic carboxylic acids is 1. The van der Waals surface area contributed by atoms with Crippen LogP contribution in [0.25, 0.3) is 0 Å². The van der Waals surface area contributed by atoms with Crippen LogP contribution in [0.1, 0.15) is 11.1 Å². The number of benzene rings is 1. The highest BCUT2D eigenvalue weighted by Gasteiger charge is 1.87. The van der Waals surface area contributed by atoms with Crippen LogP contribution in [0.15, 0.2) is 24.3 Å². The number of aryl methyl sites for hydroxylation is 1. The Balaban J connectivity index is 2.86. The van der Waals surface area contributed by atoms with E-state index in [1.165, 1.54) is 0 Å². The summed E-state index contributed by atoms with van der Waals surface area (Å²) >= 11 is 0. The van der Waals surface area contributed by atoms with E-state index in [9.17, 15) is 4.79 Å². The van der Waals surface area contributed by atoms with Crippen LogP contribution in [0.2, 0.25) is 0 Å². The summed E-state index contributed by atoms with van der Waals surface area (Å²) in [7, 11) is 0. The molecule has 0 spiro atoms. The Labute approximate surface area is 70.8 Å². The maximum Gasteiger partial charge on any atom is 0.382 e. The molecule has 0 heterocycles. The molecule has 1 aromatic rings. The zero-order valence-corrected chi connectivity index (χ0v) is 6.66. The van der Waals surface area contributed by atoms with E-state index in [2.05, 4.69) is 5.92 Å². The molecule has 0 aliphatic carbocycles. The molecule has 0 aliphatic heterocycles. The standard InChI is InChI=1S/C10H8O2/c1-8-2-4-9(5-3-8)6-7-10(11)12/h2-5H,1H3,(H,11,12). The van der Waals surface area contributed by atoms with Gasteiger partial charge in [-0.3, -0.25) is 0 Å². The molecule has 0 amide bonds. The summed E-state index contributed by atoms with van der Waals surface area (Å²) in [4.78, 5) is 10.1. The first kappa shape index (κ1) is 8.35. The van der Waals surface area contributed by atoms with Crippen LogP contribution in [0, 0.1) is 18.8 Å². The van der Waals surface area contributed by atoms with E-state index >= 15 is 0 Å². The van der Waals surface area contributed by atoms with Gasteiger partial charge in [0.2, 0.25) is 0 Å². The van der Waals surface area contributed by atoms with Crippen molar-refractivity contribution >= 4 is 5.97 Å². The fourth-order valence-electron chi connectivity index (χ4n) is 0.763. The van der Waals surface area contributed by atoms with Gasteiger partial charge in [-0.2, -0.15) is 0 Å². The SMILES string of the molecule is Cc1ccc(C#CC(=O)O)cc1. The second-order valence-electron chi connectivity index (χ2n) is 2.42. The van der Waals surface area contributed by atoms with Crippen molar-refractivity contribution in [2.24, 2.45) is 0 Å². The average molecular weight is 160 g/mol. The zero-order valence-electron chi connectivity index (χ0n) is 6.66. The Morgan fingerprint density at radius 1 is 1.33 bits per heavy atom. The quantitative estimate of drug-likeness (QED) is 0.583. The Bertz CT molecular complexity index is 338. The lowest BCUT2D eigenvalue weighted by Gasteiger charge is -1.90. The summed E-state index contributed by atoms with van der Waals surface area (Å²) in [6.07, 6.45) is 0. The number of rotatable bonds is 0. The lowest BCUT2D eigenvalue weighted by atomic mass is 10.2. The van der Waals surface area contributed by atoms with Crippen LogP contribution >= 0.6 is 0 Å². The third kappa shape index (κ3) is 2.47. The summed E-state index contributed by atoms with van der Waals surface area (Å²) in [6.45, 7) is 1.97. The number of carboxylic acid groups (broad SMARTS) is 1. The maximum absolute atomic E-state index is 10.1. The van der Waals surface area contributed by atoms with Gasteiger partial charge in [-0.05, 0) is 19.1 Å². The van der Waals surface area contributed by atoms with Crippen molar-refractivity contribution in [3.05, 3.63) is 35.4 Å². The third-order valence-corrected chi connectivity index (χ3v) is 1.37. The third-order valence-electron chi connectivity index (χ3n) is 1.37. The van der Waals surface area contributed by atoms with Crippen LogP contribution < -0.4 is 0 Å². The summed E-state index contributed by atoms with van der Waals surface area (Å²) in [5.74, 6) is 3.47. The highest BCUT2D eigenvalue weighted by molar-refractivity contribution is 5.87. The topological polar surface area (TPSA) is 37.3 Å². The zero-order chi connectivity index (χ0) is 8.97. The molecule has 0 saturated carbocycles. The molecule has 0 bridgehead atoms. The summed E-state index contributed by atoms with van der Waals surface area (Å²) in [5.41, 5.74) is 1.86. The monoisotopic (exact) mass is 160 g/mol.